The van der Waals surface area contributed by atoms with E-state index >= 15 is 0 Å². The quantitative estimate of drug-likeness (QED) is 0.681. The van der Waals surface area contributed by atoms with Gasteiger partial charge in [-0.2, -0.15) is 0 Å². The second kappa shape index (κ2) is 3.13. The van der Waals surface area contributed by atoms with E-state index < -0.39 is 5.60 Å². The normalized spacial score (nSPS) is 33.5. The summed E-state index contributed by atoms with van der Waals surface area (Å²) in [4.78, 5) is 0. The van der Waals surface area contributed by atoms with Crippen LogP contribution in [0, 0.1) is 0 Å². The van der Waals surface area contributed by atoms with Crippen molar-refractivity contribution in [2.24, 2.45) is 5.73 Å². The van der Waals surface area contributed by atoms with Gasteiger partial charge >= 0.3 is 0 Å². The van der Waals surface area contributed by atoms with Gasteiger partial charge in [0.25, 0.3) is 0 Å². The first-order chi connectivity index (χ1) is 6.21. The molecule has 1 aliphatic carbocycles. The highest BCUT2D eigenvalue weighted by Gasteiger charge is 2.36. The standard InChI is InChI=1S/C11H15NO/c12-10-6-7-11(13,8-10)9-4-2-1-3-5-9/h1-5,10,13H,6-8,12H2. The van der Waals surface area contributed by atoms with Gasteiger partial charge in [0.15, 0.2) is 0 Å². The Morgan fingerprint density at radius 3 is 2.54 bits per heavy atom. The minimum atomic E-state index is -0.666. The molecule has 2 atom stereocenters. The van der Waals surface area contributed by atoms with Crippen molar-refractivity contribution in [3.05, 3.63) is 35.9 Å². The molecule has 0 radical (unpaired) electrons. The first-order valence-electron chi connectivity index (χ1n) is 4.74. The van der Waals surface area contributed by atoms with Crippen LogP contribution in [0.1, 0.15) is 24.8 Å². The van der Waals surface area contributed by atoms with Crippen LogP contribution in [-0.4, -0.2) is 11.1 Å². The van der Waals surface area contributed by atoms with Crippen molar-refractivity contribution in [1.29, 1.82) is 0 Å². The van der Waals surface area contributed by atoms with Crippen LogP contribution in [-0.2, 0) is 5.60 Å². The lowest BCUT2D eigenvalue weighted by molar-refractivity contribution is 0.0431. The highest BCUT2D eigenvalue weighted by Crippen LogP contribution is 2.37. The van der Waals surface area contributed by atoms with Crippen molar-refractivity contribution in [3.8, 4) is 0 Å². The van der Waals surface area contributed by atoms with E-state index in [1.165, 1.54) is 0 Å². The molecule has 1 aromatic carbocycles. The number of aliphatic hydroxyl groups is 1. The average Bonchev–Trinajstić information content (AvgIpc) is 2.49. The van der Waals surface area contributed by atoms with Gasteiger partial charge < -0.3 is 10.8 Å². The van der Waals surface area contributed by atoms with Gasteiger partial charge in [-0.3, -0.25) is 0 Å². The Morgan fingerprint density at radius 2 is 2.00 bits per heavy atom. The Hall–Kier alpha value is -0.860. The third-order valence-corrected chi connectivity index (χ3v) is 2.84. The molecule has 1 saturated carbocycles. The summed E-state index contributed by atoms with van der Waals surface area (Å²) in [5.74, 6) is 0. The molecule has 13 heavy (non-hydrogen) atoms. The molecule has 0 aliphatic heterocycles. The smallest absolute Gasteiger partial charge is 0.0911 e. The zero-order valence-corrected chi connectivity index (χ0v) is 7.61. The molecule has 1 aliphatic rings. The first-order valence-corrected chi connectivity index (χ1v) is 4.74. The van der Waals surface area contributed by atoms with Gasteiger partial charge in [0.1, 0.15) is 0 Å². The third-order valence-electron chi connectivity index (χ3n) is 2.84. The molecule has 0 bridgehead atoms. The van der Waals surface area contributed by atoms with E-state index in [2.05, 4.69) is 0 Å². The van der Waals surface area contributed by atoms with Crippen molar-refractivity contribution in [3.63, 3.8) is 0 Å². The van der Waals surface area contributed by atoms with Crippen LogP contribution in [0.4, 0.5) is 0 Å². The lowest BCUT2D eigenvalue weighted by Crippen LogP contribution is -2.25. The number of benzene rings is 1. The van der Waals surface area contributed by atoms with Crippen molar-refractivity contribution in [1.82, 2.24) is 0 Å². The molecule has 1 aromatic rings. The Morgan fingerprint density at radius 1 is 1.31 bits per heavy atom. The predicted octanol–water partition coefficient (Wildman–Crippen LogP) is 1.39. The van der Waals surface area contributed by atoms with Crippen LogP contribution in [0.3, 0.4) is 0 Å². The predicted molar refractivity (Wildman–Crippen MR) is 52.2 cm³/mol. The summed E-state index contributed by atoms with van der Waals surface area (Å²) in [6.07, 6.45) is 2.40. The van der Waals surface area contributed by atoms with Crippen LogP contribution >= 0.6 is 0 Å². The number of nitrogens with two attached hydrogens (primary N) is 1. The van der Waals surface area contributed by atoms with Gasteiger partial charge in [0.05, 0.1) is 5.60 Å². The average molecular weight is 177 g/mol. The number of rotatable bonds is 1. The van der Waals surface area contributed by atoms with Gasteiger partial charge in [-0.25, -0.2) is 0 Å². The fourth-order valence-electron chi connectivity index (χ4n) is 2.07. The molecular weight excluding hydrogens is 162 g/mol. The zero-order chi connectivity index (χ0) is 9.31. The second-order valence-electron chi connectivity index (χ2n) is 3.90. The maximum Gasteiger partial charge on any atom is 0.0911 e. The van der Waals surface area contributed by atoms with Crippen LogP contribution in [0.25, 0.3) is 0 Å². The molecule has 1 fully saturated rings. The SMILES string of the molecule is NC1CCC(O)(c2ccccc2)C1. The number of hydrogen-bond acceptors (Lipinski definition) is 2. The first kappa shape index (κ1) is 8.73. The van der Waals surface area contributed by atoms with E-state index in [0.29, 0.717) is 6.42 Å². The van der Waals surface area contributed by atoms with Crippen molar-refractivity contribution >= 4 is 0 Å². The molecule has 0 aromatic heterocycles. The summed E-state index contributed by atoms with van der Waals surface area (Å²) in [5.41, 5.74) is 6.12. The van der Waals surface area contributed by atoms with Crippen LogP contribution in [0.2, 0.25) is 0 Å². The zero-order valence-electron chi connectivity index (χ0n) is 7.61. The summed E-state index contributed by atoms with van der Waals surface area (Å²) in [7, 11) is 0. The van der Waals surface area contributed by atoms with E-state index in [0.717, 1.165) is 18.4 Å². The minimum Gasteiger partial charge on any atom is -0.385 e. The lowest BCUT2D eigenvalue weighted by atomic mass is 9.92. The molecule has 2 heteroatoms. The fourth-order valence-corrected chi connectivity index (χ4v) is 2.07. The maximum atomic E-state index is 10.3. The topological polar surface area (TPSA) is 46.2 Å². The highest BCUT2D eigenvalue weighted by atomic mass is 16.3. The second-order valence-corrected chi connectivity index (χ2v) is 3.90. The molecule has 2 rings (SSSR count). The van der Waals surface area contributed by atoms with Gasteiger partial charge in [-0.05, 0) is 24.8 Å². The van der Waals surface area contributed by atoms with E-state index in [1.54, 1.807) is 0 Å². The monoisotopic (exact) mass is 177 g/mol. The molecule has 2 unspecified atom stereocenters. The van der Waals surface area contributed by atoms with Gasteiger partial charge in [-0.1, -0.05) is 30.3 Å². The summed E-state index contributed by atoms with van der Waals surface area (Å²) in [6, 6.07) is 9.97. The summed E-state index contributed by atoms with van der Waals surface area (Å²) in [6.45, 7) is 0. The molecule has 0 amide bonds. The molecule has 0 spiro atoms. The molecule has 3 N–H and O–H groups in total. The van der Waals surface area contributed by atoms with E-state index in [9.17, 15) is 5.11 Å². The van der Waals surface area contributed by atoms with Gasteiger partial charge in [0, 0.05) is 6.04 Å². The Kier molecular flexibility index (Phi) is 2.10. The van der Waals surface area contributed by atoms with Crippen LogP contribution < -0.4 is 5.73 Å². The molecule has 2 nitrogen and oxygen atoms in total. The summed E-state index contributed by atoms with van der Waals surface area (Å²) in [5, 5.41) is 10.3. The molecular formula is C11H15NO. The molecule has 70 valence electrons. The lowest BCUT2D eigenvalue weighted by Gasteiger charge is -2.22. The van der Waals surface area contributed by atoms with E-state index in [-0.39, 0.29) is 6.04 Å². The molecule has 0 heterocycles. The van der Waals surface area contributed by atoms with Crippen molar-refractivity contribution in [2.45, 2.75) is 30.9 Å². The van der Waals surface area contributed by atoms with E-state index in [1.807, 2.05) is 30.3 Å². The Balaban J connectivity index is 2.26. The van der Waals surface area contributed by atoms with Crippen molar-refractivity contribution < 1.29 is 5.11 Å². The van der Waals surface area contributed by atoms with Gasteiger partial charge in [0.2, 0.25) is 0 Å². The fraction of sp³-hybridized carbons (Fsp3) is 0.455. The van der Waals surface area contributed by atoms with Crippen LogP contribution in [0.5, 0.6) is 0 Å². The highest BCUT2D eigenvalue weighted by molar-refractivity contribution is 5.23. The molecule has 0 saturated heterocycles. The van der Waals surface area contributed by atoms with Crippen molar-refractivity contribution in [2.75, 3.05) is 0 Å². The minimum absolute atomic E-state index is 0.158. The summed E-state index contributed by atoms with van der Waals surface area (Å²) < 4.78 is 0. The number of hydrogen-bond donors (Lipinski definition) is 2. The third kappa shape index (κ3) is 1.60. The largest absolute Gasteiger partial charge is 0.385 e. The van der Waals surface area contributed by atoms with E-state index in [4.69, 9.17) is 5.73 Å². The Labute approximate surface area is 78.4 Å². The van der Waals surface area contributed by atoms with Gasteiger partial charge in [-0.15, -0.1) is 0 Å². The van der Waals surface area contributed by atoms with Crippen LogP contribution in [0.15, 0.2) is 30.3 Å². The Bertz CT molecular complexity index is 285. The summed E-state index contributed by atoms with van der Waals surface area (Å²) >= 11 is 0. The maximum absolute atomic E-state index is 10.3.